The van der Waals surface area contributed by atoms with Gasteiger partial charge in [0.15, 0.2) is 0 Å². The first-order chi connectivity index (χ1) is 21.9. The molecule has 0 aromatic heterocycles. The standard InChI is InChI=1S/C11H14.C10H18N2O4.C10H14O2.C6H12/c1-2-9-4-3-5-11(8-9)10-6-7-10;1-4-8(10(15)16-3)12(5-2)9(14)6-11-7-13;11-7-4-8-12-9-10-5-2-1-3-6-10;1-2-4-6-5-3-1/h3-5,8,10H,2,6-7H2,1H3;7-8H,4-6H2,1-3H3,(H,11,13);1-3,5-6,11H,4,7-9H2;1-6H2. The van der Waals surface area contributed by atoms with E-state index in [1.807, 2.05) is 30.3 Å². The van der Waals surface area contributed by atoms with Gasteiger partial charge in [-0.1, -0.05) is 107 Å². The van der Waals surface area contributed by atoms with Crippen molar-refractivity contribution in [1.29, 1.82) is 0 Å². The summed E-state index contributed by atoms with van der Waals surface area (Å²) >= 11 is 0. The minimum atomic E-state index is -0.587. The van der Waals surface area contributed by atoms with Crippen LogP contribution in [-0.4, -0.2) is 67.7 Å². The quantitative estimate of drug-likeness (QED) is 0.139. The van der Waals surface area contributed by atoms with Gasteiger partial charge in [-0.05, 0) is 61.6 Å². The van der Waals surface area contributed by atoms with Crippen LogP contribution in [0.4, 0.5) is 0 Å². The molecule has 0 aliphatic heterocycles. The molecule has 2 amide bonds. The van der Waals surface area contributed by atoms with Gasteiger partial charge >= 0.3 is 5.97 Å². The molecule has 2 aliphatic rings. The predicted octanol–water partition coefficient (Wildman–Crippen LogP) is 6.59. The van der Waals surface area contributed by atoms with Crippen molar-refractivity contribution in [2.75, 3.05) is 33.4 Å². The number of esters is 1. The maximum absolute atomic E-state index is 11.7. The molecule has 0 radical (unpaired) electrons. The Morgan fingerprint density at radius 1 is 0.956 bits per heavy atom. The lowest BCUT2D eigenvalue weighted by Gasteiger charge is -2.27. The number of rotatable bonds is 14. The first-order valence-electron chi connectivity index (χ1n) is 16.8. The smallest absolute Gasteiger partial charge is 0.328 e. The van der Waals surface area contributed by atoms with Gasteiger partial charge in [-0.2, -0.15) is 0 Å². The van der Waals surface area contributed by atoms with Gasteiger partial charge in [0.2, 0.25) is 12.3 Å². The zero-order valence-electron chi connectivity index (χ0n) is 28.2. The Labute approximate surface area is 271 Å². The average molecular weight is 627 g/mol. The highest BCUT2D eigenvalue weighted by Gasteiger charge is 2.27. The number of amides is 2. The second-order valence-corrected chi connectivity index (χ2v) is 11.2. The topological polar surface area (TPSA) is 105 Å². The number of aliphatic hydroxyl groups is 1. The van der Waals surface area contributed by atoms with Crippen LogP contribution in [0.25, 0.3) is 0 Å². The summed E-state index contributed by atoms with van der Waals surface area (Å²) in [5, 5.41) is 10.8. The van der Waals surface area contributed by atoms with Crippen LogP contribution in [-0.2, 0) is 36.9 Å². The number of aliphatic hydroxyl groups excluding tert-OH is 1. The summed E-state index contributed by atoms with van der Waals surface area (Å²) < 4.78 is 9.92. The lowest BCUT2D eigenvalue weighted by molar-refractivity contribution is -0.152. The number of ether oxygens (including phenoxy) is 2. The van der Waals surface area contributed by atoms with E-state index in [1.54, 1.807) is 19.4 Å². The second kappa shape index (κ2) is 26.0. The molecule has 2 N–H and O–H groups in total. The van der Waals surface area contributed by atoms with E-state index in [0.717, 1.165) is 5.92 Å². The molecule has 0 heterocycles. The van der Waals surface area contributed by atoms with Gasteiger partial charge in [-0.15, -0.1) is 0 Å². The molecule has 45 heavy (non-hydrogen) atoms. The van der Waals surface area contributed by atoms with Crippen LogP contribution in [0.5, 0.6) is 0 Å². The normalized spacial score (nSPS) is 14.1. The molecule has 2 aliphatic carbocycles. The van der Waals surface area contributed by atoms with E-state index in [-0.39, 0.29) is 19.1 Å². The molecular weight excluding hydrogens is 568 g/mol. The van der Waals surface area contributed by atoms with E-state index in [2.05, 4.69) is 41.2 Å². The minimum Gasteiger partial charge on any atom is -0.467 e. The number of nitrogens with zero attached hydrogens (tertiary/aromatic N) is 1. The van der Waals surface area contributed by atoms with Crippen molar-refractivity contribution in [2.45, 2.75) is 110 Å². The third-order valence-corrected chi connectivity index (χ3v) is 7.70. The fourth-order valence-corrected chi connectivity index (χ4v) is 4.93. The highest BCUT2D eigenvalue weighted by Crippen LogP contribution is 2.40. The lowest BCUT2D eigenvalue weighted by Crippen LogP contribution is -2.48. The Morgan fingerprint density at radius 3 is 2.07 bits per heavy atom. The average Bonchev–Trinajstić information content (AvgIpc) is 3.96. The molecule has 2 saturated carbocycles. The monoisotopic (exact) mass is 626 g/mol. The molecule has 4 rings (SSSR count). The Kier molecular flexibility index (Phi) is 23.0. The Balaban J connectivity index is 0.000000312. The molecule has 0 spiro atoms. The van der Waals surface area contributed by atoms with E-state index in [4.69, 9.17) is 9.84 Å². The minimum absolute atomic E-state index is 0.106. The van der Waals surface area contributed by atoms with Gasteiger partial charge in [0.25, 0.3) is 0 Å². The Hall–Kier alpha value is -3.23. The molecule has 2 aromatic rings. The predicted molar refractivity (Wildman–Crippen MR) is 181 cm³/mol. The third-order valence-electron chi connectivity index (χ3n) is 7.70. The maximum Gasteiger partial charge on any atom is 0.328 e. The number of benzene rings is 2. The van der Waals surface area contributed by atoms with Crippen LogP contribution in [0, 0.1) is 0 Å². The molecule has 252 valence electrons. The summed E-state index contributed by atoms with van der Waals surface area (Å²) in [7, 11) is 1.28. The van der Waals surface area contributed by atoms with E-state index in [9.17, 15) is 14.4 Å². The molecular formula is C37H58N2O6. The van der Waals surface area contributed by atoms with Crippen LogP contribution >= 0.6 is 0 Å². The number of hydrogen-bond acceptors (Lipinski definition) is 6. The molecule has 1 unspecified atom stereocenters. The van der Waals surface area contributed by atoms with Crippen molar-refractivity contribution in [3.63, 3.8) is 0 Å². The first kappa shape index (κ1) is 39.8. The summed E-state index contributed by atoms with van der Waals surface area (Å²) in [4.78, 5) is 34.5. The van der Waals surface area contributed by atoms with Crippen molar-refractivity contribution in [1.82, 2.24) is 10.2 Å². The van der Waals surface area contributed by atoms with Gasteiger partial charge in [0.05, 0.1) is 20.3 Å². The second-order valence-electron chi connectivity index (χ2n) is 11.2. The summed E-state index contributed by atoms with van der Waals surface area (Å²) in [6.45, 7) is 7.54. The van der Waals surface area contributed by atoms with Crippen LogP contribution in [0.3, 0.4) is 0 Å². The van der Waals surface area contributed by atoms with Crippen molar-refractivity contribution >= 4 is 18.3 Å². The molecule has 8 nitrogen and oxygen atoms in total. The molecule has 0 saturated heterocycles. The molecule has 8 heteroatoms. The number of carbonyl (C=O) groups is 3. The van der Waals surface area contributed by atoms with Gasteiger partial charge in [-0.3, -0.25) is 9.59 Å². The van der Waals surface area contributed by atoms with Gasteiger partial charge in [0, 0.05) is 19.8 Å². The van der Waals surface area contributed by atoms with E-state index >= 15 is 0 Å². The maximum atomic E-state index is 11.7. The lowest BCUT2D eigenvalue weighted by atomic mass is 10.0. The SMILES string of the molecule is C1CCCCC1.CCC(C(=O)OC)N(CC)C(=O)CNC=O.CCc1cccc(C2CC2)c1.OCCCOCc1ccccc1. The fourth-order valence-electron chi connectivity index (χ4n) is 4.93. The Bertz CT molecular complexity index is 1030. The zero-order valence-corrected chi connectivity index (χ0v) is 28.2. The van der Waals surface area contributed by atoms with Gasteiger partial charge in [0.1, 0.15) is 6.04 Å². The number of likely N-dealkylation sites (N-methyl/N-ethyl adjacent to an activating group) is 1. The first-order valence-corrected chi connectivity index (χ1v) is 16.8. The number of nitrogens with one attached hydrogen (secondary N) is 1. The van der Waals surface area contributed by atoms with Crippen molar-refractivity contribution in [2.24, 2.45) is 0 Å². The fraction of sp³-hybridized carbons (Fsp3) is 0.595. The van der Waals surface area contributed by atoms with Crippen LogP contribution in [0.2, 0.25) is 0 Å². The number of aryl methyl sites for hydroxylation is 1. The molecule has 1 atom stereocenters. The van der Waals surface area contributed by atoms with E-state index in [1.165, 1.54) is 80.9 Å². The number of methoxy groups -OCH3 is 1. The van der Waals surface area contributed by atoms with E-state index in [0.29, 0.717) is 39.0 Å². The number of hydrogen-bond donors (Lipinski definition) is 2. The van der Waals surface area contributed by atoms with E-state index < -0.39 is 12.0 Å². The van der Waals surface area contributed by atoms with Gasteiger partial charge < -0.3 is 24.8 Å². The molecule has 2 fully saturated rings. The van der Waals surface area contributed by atoms with Crippen molar-refractivity contribution < 1.29 is 29.0 Å². The highest BCUT2D eigenvalue weighted by molar-refractivity contribution is 5.86. The largest absolute Gasteiger partial charge is 0.467 e. The molecule has 0 bridgehead atoms. The van der Waals surface area contributed by atoms with Crippen LogP contribution < -0.4 is 5.32 Å². The Morgan fingerprint density at radius 2 is 1.58 bits per heavy atom. The summed E-state index contributed by atoms with van der Waals surface area (Å²) in [6.07, 6.45) is 14.6. The van der Waals surface area contributed by atoms with Crippen LogP contribution in [0.1, 0.15) is 108 Å². The number of carbonyl (C=O) groups excluding carboxylic acids is 3. The summed E-state index contributed by atoms with van der Waals surface area (Å²) in [6, 6.07) is 18.5. The summed E-state index contributed by atoms with van der Waals surface area (Å²) in [5.41, 5.74) is 4.22. The van der Waals surface area contributed by atoms with Crippen molar-refractivity contribution in [3.8, 4) is 0 Å². The highest BCUT2D eigenvalue weighted by atomic mass is 16.5. The molecule has 2 aromatic carbocycles. The zero-order chi connectivity index (χ0) is 33.1. The third kappa shape index (κ3) is 18.4. The van der Waals surface area contributed by atoms with Crippen LogP contribution in [0.15, 0.2) is 54.6 Å². The van der Waals surface area contributed by atoms with Gasteiger partial charge in [-0.25, -0.2) is 4.79 Å². The summed E-state index contributed by atoms with van der Waals surface area (Å²) in [5.74, 6) is 0.164. The van der Waals surface area contributed by atoms with Crippen molar-refractivity contribution in [3.05, 3.63) is 71.3 Å².